The summed E-state index contributed by atoms with van der Waals surface area (Å²) in [5.41, 5.74) is 0.858. The minimum atomic E-state index is 0.160. The Morgan fingerprint density at radius 3 is 2.75 bits per heavy atom. The Kier molecular flexibility index (Phi) is 6.52. The van der Waals surface area contributed by atoms with E-state index >= 15 is 0 Å². The van der Waals surface area contributed by atoms with Crippen molar-refractivity contribution >= 4 is 34.4 Å². The molecule has 3 aromatic heterocycles. The van der Waals surface area contributed by atoms with Crippen molar-refractivity contribution in [2.75, 3.05) is 50.7 Å². The Morgan fingerprint density at radius 2 is 2.00 bits per heavy atom. The van der Waals surface area contributed by atoms with E-state index in [2.05, 4.69) is 48.2 Å². The summed E-state index contributed by atoms with van der Waals surface area (Å²) in [5.74, 6) is 1.77. The lowest BCUT2D eigenvalue weighted by Gasteiger charge is -2.39. The van der Waals surface area contributed by atoms with Crippen LogP contribution in [0.3, 0.4) is 0 Å². The maximum Gasteiger partial charge on any atom is 0.265 e. The molecule has 32 heavy (non-hydrogen) atoms. The van der Waals surface area contributed by atoms with Crippen molar-refractivity contribution in [1.29, 1.82) is 0 Å². The van der Waals surface area contributed by atoms with Gasteiger partial charge in [0.2, 0.25) is 0 Å². The van der Waals surface area contributed by atoms with Crippen molar-refractivity contribution in [3.05, 3.63) is 52.5 Å². The number of thiazole rings is 1. The number of anilines is 1. The van der Waals surface area contributed by atoms with E-state index in [4.69, 9.17) is 0 Å². The van der Waals surface area contributed by atoms with Crippen molar-refractivity contribution in [1.82, 2.24) is 19.8 Å². The number of aryl methyl sites for hydroxylation is 1. The van der Waals surface area contributed by atoms with Crippen LogP contribution in [0.5, 0.6) is 0 Å². The second-order valence-electron chi connectivity index (χ2n) is 8.65. The molecule has 0 saturated carbocycles. The van der Waals surface area contributed by atoms with E-state index < -0.39 is 0 Å². The molecule has 5 rings (SSSR count). The molecule has 0 aromatic carbocycles. The zero-order chi connectivity index (χ0) is 21.9. The molecule has 0 N–H and O–H groups in total. The Bertz CT molecular complexity index is 1030. The van der Waals surface area contributed by atoms with Crippen molar-refractivity contribution < 1.29 is 4.79 Å². The number of thiophene rings is 1. The molecule has 168 valence electrons. The molecule has 2 saturated heterocycles. The van der Waals surface area contributed by atoms with Crippen LogP contribution in [-0.4, -0.2) is 71.5 Å². The molecule has 2 fully saturated rings. The molecule has 0 radical (unpaired) electrons. The molecular formula is C24H29N5OS2. The van der Waals surface area contributed by atoms with Gasteiger partial charge in [-0.3, -0.25) is 9.69 Å². The number of hydrogen-bond donors (Lipinski definition) is 0. The Balaban J connectivity index is 1.17. The van der Waals surface area contributed by atoms with Crippen LogP contribution < -0.4 is 4.90 Å². The van der Waals surface area contributed by atoms with Crippen molar-refractivity contribution in [3.63, 3.8) is 0 Å². The van der Waals surface area contributed by atoms with Gasteiger partial charge in [0.05, 0.1) is 10.6 Å². The number of likely N-dealkylation sites (tertiary alicyclic amines) is 1. The number of carbonyl (C=O) groups excluding carboxylic acids is 1. The van der Waals surface area contributed by atoms with Gasteiger partial charge in [0.1, 0.15) is 15.7 Å². The minimum absolute atomic E-state index is 0.160. The number of nitrogens with zero attached hydrogens (tertiary/aromatic N) is 5. The lowest BCUT2D eigenvalue weighted by Crippen LogP contribution is -2.50. The number of piperazine rings is 1. The van der Waals surface area contributed by atoms with Crippen molar-refractivity contribution in [2.24, 2.45) is 5.92 Å². The largest absolute Gasteiger partial charge is 0.354 e. The molecule has 3 aromatic rings. The molecule has 2 aliphatic rings. The molecule has 1 atom stereocenters. The normalized spacial score (nSPS) is 20.0. The third-order valence-corrected chi connectivity index (χ3v) is 8.58. The first-order chi connectivity index (χ1) is 15.7. The highest BCUT2D eigenvalue weighted by Crippen LogP contribution is 2.32. The number of carbonyl (C=O) groups is 1. The molecule has 5 heterocycles. The Labute approximate surface area is 197 Å². The second kappa shape index (κ2) is 9.68. The van der Waals surface area contributed by atoms with E-state index in [-0.39, 0.29) is 5.91 Å². The van der Waals surface area contributed by atoms with Crippen LogP contribution >= 0.6 is 22.7 Å². The van der Waals surface area contributed by atoms with Crippen LogP contribution in [0.15, 0.2) is 41.9 Å². The number of pyridine rings is 1. The van der Waals surface area contributed by atoms with E-state index in [1.54, 1.807) is 22.7 Å². The monoisotopic (exact) mass is 467 g/mol. The van der Waals surface area contributed by atoms with Gasteiger partial charge in [-0.15, -0.1) is 22.7 Å². The standard InChI is InChI=1S/C24H29N5OS2/c1-18-22(32-23(26-18)20-7-5-15-31-20)24(30)29-10-4-6-19(17-29)16-27-11-13-28(14-12-27)21-8-2-3-9-25-21/h2-3,5,7-9,15,19H,4,6,10-14,16-17H2,1H3. The molecule has 1 unspecified atom stereocenters. The van der Waals surface area contributed by atoms with Gasteiger partial charge < -0.3 is 9.80 Å². The van der Waals surface area contributed by atoms with Gasteiger partial charge in [-0.1, -0.05) is 12.1 Å². The number of piperidine rings is 1. The first-order valence-electron chi connectivity index (χ1n) is 11.4. The molecule has 6 nitrogen and oxygen atoms in total. The van der Waals surface area contributed by atoms with Crippen LogP contribution in [0, 0.1) is 12.8 Å². The van der Waals surface area contributed by atoms with E-state index in [0.717, 1.165) is 78.5 Å². The van der Waals surface area contributed by atoms with Gasteiger partial charge in [0.15, 0.2) is 0 Å². The SMILES string of the molecule is Cc1nc(-c2cccs2)sc1C(=O)N1CCCC(CN2CCN(c3ccccn3)CC2)C1. The van der Waals surface area contributed by atoms with Crippen LogP contribution in [0.1, 0.15) is 28.2 Å². The Hall–Kier alpha value is -2.29. The summed E-state index contributed by atoms with van der Waals surface area (Å²) >= 11 is 3.21. The third kappa shape index (κ3) is 4.72. The van der Waals surface area contributed by atoms with Crippen molar-refractivity contribution in [2.45, 2.75) is 19.8 Å². The molecular weight excluding hydrogens is 438 g/mol. The number of amides is 1. The average Bonchev–Trinajstić information content (AvgIpc) is 3.50. The predicted molar refractivity (Wildman–Crippen MR) is 132 cm³/mol. The summed E-state index contributed by atoms with van der Waals surface area (Å²) in [6.07, 6.45) is 4.15. The smallest absolute Gasteiger partial charge is 0.265 e. The number of aromatic nitrogens is 2. The molecule has 0 bridgehead atoms. The summed E-state index contributed by atoms with van der Waals surface area (Å²) in [7, 11) is 0. The molecule has 2 aliphatic heterocycles. The fraction of sp³-hybridized carbons (Fsp3) is 0.458. The number of hydrogen-bond acceptors (Lipinski definition) is 7. The average molecular weight is 468 g/mol. The fourth-order valence-corrected chi connectivity index (χ4v) is 6.54. The highest BCUT2D eigenvalue weighted by molar-refractivity contribution is 7.22. The van der Waals surface area contributed by atoms with E-state index in [1.807, 2.05) is 25.3 Å². The van der Waals surface area contributed by atoms with Gasteiger partial charge in [0, 0.05) is 52.0 Å². The minimum Gasteiger partial charge on any atom is -0.354 e. The molecule has 0 spiro atoms. The van der Waals surface area contributed by atoms with E-state index in [0.29, 0.717) is 5.92 Å². The highest BCUT2D eigenvalue weighted by Gasteiger charge is 2.29. The van der Waals surface area contributed by atoms with Crippen molar-refractivity contribution in [3.8, 4) is 9.88 Å². The zero-order valence-corrected chi connectivity index (χ0v) is 20.1. The lowest BCUT2D eigenvalue weighted by atomic mass is 9.97. The van der Waals surface area contributed by atoms with Crippen LogP contribution in [0.25, 0.3) is 9.88 Å². The number of rotatable bonds is 5. The van der Waals surface area contributed by atoms with Crippen LogP contribution in [0.4, 0.5) is 5.82 Å². The van der Waals surface area contributed by atoms with Gasteiger partial charge in [-0.25, -0.2) is 9.97 Å². The first kappa shape index (κ1) is 21.6. The maximum atomic E-state index is 13.3. The van der Waals surface area contributed by atoms with E-state index in [1.165, 1.54) is 6.42 Å². The molecule has 1 amide bonds. The fourth-order valence-electron chi connectivity index (χ4n) is 4.71. The maximum absolute atomic E-state index is 13.3. The lowest BCUT2D eigenvalue weighted by molar-refractivity contribution is 0.0641. The first-order valence-corrected chi connectivity index (χ1v) is 13.1. The summed E-state index contributed by atoms with van der Waals surface area (Å²) in [5, 5.41) is 3.01. The third-order valence-electron chi connectivity index (χ3n) is 6.39. The summed E-state index contributed by atoms with van der Waals surface area (Å²) < 4.78 is 0. The summed E-state index contributed by atoms with van der Waals surface area (Å²) in [6, 6.07) is 10.2. The topological polar surface area (TPSA) is 52.6 Å². The zero-order valence-electron chi connectivity index (χ0n) is 18.4. The quantitative estimate of drug-likeness (QED) is 0.562. The summed E-state index contributed by atoms with van der Waals surface area (Å²) in [4.78, 5) is 31.4. The van der Waals surface area contributed by atoms with Gasteiger partial charge in [-0.2, -0.15) is 0 Å². The van der Waals surface area contributed by atoms with Gasteiger partial charge in [0.25, 0.3) is 5.91 Å². The van der Waals surface area contributed by atoms with Gasteiger partial charge in [-0.05, 0) is 49.3 Å². The van der Waals surface area contributed by atoms with Crippen LogP contribution in [0.2, 0.25) is 0 Å². The molecule has 0 aliphatic carbocycles. The Morgan fingerprint density at radius 1 is 1.12 bits per heavy atom. The predicted octanol–water partition coefficient (Wildman–Crippen LogP) is 4.25. The summed E-state index contributed by atoms with van der Waals surface area (Å²) in [6.45, 7) is 8.87. The second-order valence-corrected chi connectivity index (χ2v) is 10.6. The van der Waals surface area contributed by atoms with E-state index in [9.17, 15) is 4.79 Å². The van der Waals surface area contributed by atoms with Crippen LogP contribution in [-0.2, 0) is 0 Å². The molecule has 8 heteroatoms. The highest BCUT2D eigenvalue weighted by atomic mass is 32.1. The van der Waals surface area contributed by atoms with Gasteiger partial charge >= 0.3 is 0 Å².